The molecule has 0 amide bonds. The molecule has 3 heteroatoms. The summed E-state index contributed by atoms with van der Waals surface area (Å²) in [6.07, 6.45) is 7.33. The van der Waals surface area contributed by atoms with Gasteiger partial charge in [0.1, 0.15) is 0 Å². The molecule has 1 saturated heterocycles. The third kappa shape index (κ3) is 3.94. The van der Waals surface area contributed by atoms with Gasteiger partial charge in [-0.25, -0.2) is 0 Å². The molecule has 1 aliphatic heterocycles. The van der Waals surface area contributed by atoms with Crippen LogP contribution in [-0.4, -0.2) is 48.8 Å². The molecule has 2 rings (SSSR count). The minimum atomic E-state index is -0.0625. The Labute approximate surface area is 112 Å². The van der Waals surface area contributed by atoms with E-state index in [0.29, 0.717) is 12.0 Å². The molecule has 1 saturated carbocycles. The summed E-state index contributed by atoms with van der Waals surface area (Å²) in [5.41, 5.74) is 0. The predicted molar refractivity (Wildman–Crippen MR) is 75.7 cm³/mol. The standard InChI is InChI=1S/C15H30N2O/c1-12(14-7-5-9-17(2)11-14)16-10-13-6-3-4-8-15(13)18/h12-16,18H,3-11H2,1-2H3. The average Bonchev–Trinajstić information content (AvgIpc) is 2.37. The first-order valence-corrected chi connectivity index (χ1v) is 7.77. The molecular formula is C15H30N2O. The summed E-state index contributed by atoms with van der Waals surface area (Å²) < 4.78 is 0. The number of nitrogens with one attached hydrogen (secondary N) is 1. The zero-order valence-corrected chi connectivity index (χ0v) is 12.1. The molecule has 0 spiro atoms. The van der Waals surface area contributed by atoms with Crippen LogP contribution >= 0.6 is 0 Å². The van der Waals surface area contributed by atoms with Gasteiger partial charge in [0.05, 0.1) is 6.10 Å². The second kappa shape index (κ2) is 6.88. The van der Waals surface area contributed by atoms with Crippen molar-refractivity contribution in [3.8, 4) is 0 Å². The third-order valence-corrected chi connectivity index (χ3v) is 4.94. The smallest absolute Gasteiger partial charge is 0.0580 e. The Morgan fingerprint density at radius 3 is 2.72 bits per heavy atom. The summed E-state index contributed by atoms with van der Waals surface area (Å²) in [6, 6.07) is 0.585. The molecule has 2 aliphatic rings. The number of hydrogen-bond donors (Lipinski definition) is 2. The average molecular weight is 254 g/mol. The summed E-state index contributed by atoms with van der Waals surface area (Å²) in [7, 11) is 2.23. The van der Waals surface area contributed by atoms with Crippen LogP contribution < -0.4 is 5.32 Å². The zero-order chi connectivity index (χ0) is 13.0. The monoisotopic (exact) mass is 254 g/mol. The number of likely N-dealkylation sites (tertiary alicyclic amines) is 1. The van der Waals surface area contributed by atoms with Crippen molar-refractivity contribution < 1.29 is 5.11 Å². The van der Waals surface area contributed by atoms with Gasteiger partial charge in [0, 0.05) is 19.1 Å². The fraction of sp³-hybridized carbons (Fsp3) is 1.00. The van der Waals surface area contributed by atoms with Crippen LogP contribution in [0.2, 0.25) is 0 Å². The summed E-state index contributed by atoms with van der Waals surface area (Å²) in [5, 5.41) is 13.7. The minimum Gasteiger partial charge on any atom is -0.393 e. The molecule has 0 aromatic rings. The maximum atomic E-state index is 9.99. The SMILES string of the molecule is CC(NCC1CCCCC1O)C1CCCN(C)C1. The Morgan fingerprint density at radius 1 is 1.22 bits per heavy atom. The zero-order valence-electron chi connectivity index (χ0n) is 12.1. The van der Waals surface area contributed by atoms with Gasteiger partial charge in [0.25, 0.3) is 0 Å². The van der Waals surface area contributed by atoms with E-state index in [9.17, 15) is 5.11 Å². The van der Waals surface area contributed by atoms with Gasteiger partial charge >= 0.3 is 0 Å². The van der Waals surface area contributed by atoms with Gasteiger partial charge in [0.15, 0.2) is 0 Å². The molecule has 106 valence electrons. The van der Waals surface area contributed by atoms with Gasteiger partial charge in [-0.2, -0.15) is 0 Å². The van der Waals surface area contributed by atoms with Crippen LogP contribution in [0.3, 0.4) is 0 Å². The summed E-state index contributed by atoms with van der Waals surface area (Å²) in [4.78, 5) is 2.45. The number of hydrogen-bond acceptors (Lipinski definition) is 3. The lowest BCUT2D eigenvalue weighted by molar-refractivity contribution is 0.0655. The lowest BCUT2D eigenvalue weighted by atomic mass is 9.85. The molecule has 1 heterocycles. The van der Waals surface area contributed by atoms with Gasteiger partial charge in [0.2, 0.25) is 0 Å². The molecule has 0 aromatic heterocycles. The largest absolute Gasteiger partial charge is 0.393 e. The Bertz CT molecular complexity index is 247. The molecule has 1 aliphatic carbocycles. The minimum absolute atomic E-state index is 0.0625. The van der Waals surface area contributed by atoms with Crippen LogP contribution in [-0.2, 0) is 0 Å². The van der Waals surface area contributed by atoms with Crippen LogP contribution in [0.4, 0.5) is 0 Å². The molecule has 2 fully saturated rings. The number of aliphatic hydroxyl groups excluding tert-OH is 1. The Kier molecular flexibility index (Phi) is 5.46. The summed E-state index contributed by atoms with van der Waals surface area (Å²) in [6.45, 7) is 5.80. The highest BCUT2D eigenvalue weighted by Crippen LogP contribution is 2.24. The Morgan fingerprint density at radius 2 is 2.00 bits per heavy atom. The predicted octanol–water partition coefficient (Wildman–Crippen LogP) is 1.86. The van der Waals surface area contributed by atoms with E-state index >= 15 is 0 Å². The highest BCUT2D eigenvalue weighted by Gasteiger charge is 2.26. The van der Waals surface area contributed by atoms with Crippen molar-refractivity contribution in [1.29, 1.82) is 0 Å². The van der Waals surface area contributed by atoms with Crippen molar-refractivity contribution in [2.24, 2.45) is 11.8 Å². The molecule has 0 aromatic carbocycles. The maximum absolute atomic E-state index is 9.99. The van der Waals surface area contributed by atoms with Crippen LogP contribution in [0.15, 0.2) is 0 Å². The van der Waals surface area contributed by atoms with Crippen molar-refractivity contribution in [3.63, 3.8) is 0 Å². The van der Waals surface area contributed by atoms with E-state index in [-0.39, 0.29) is 6.10 Å². The Balaban J connectivity index is 1.71. The van der Waals surface area contributed by atoms with E-state index in [0.717, 1.165) is 18.9 Å². The van der Waals surface area contributed by atoms with Crippen molar-refractivity contribution in [3.05, 3.63) is 0 Å². The highest BCUT2D eigenvalue weighted by atomic mass is 16.3. The fourth-order valence-corrected chi connectivity index (χ4v) is 3.54. The van der Waals surface area contributed by atoms with E-state index < -0.39 is 0 Å². The molecule has 0 bridgehead atoms. The van der Waals surface area contributed by atoms with E-state index in [1.165, 1.54) is 45.2 Å². The Hall–Kier alpha value is -0.120. The highest BCUT2D eigenvalue weighted by molar-refractivity contribution is 4.82. The normalized spacial score (nSPS) is 36.5. The van der Waals surface area contributed by atoms with Crippen LogP contribution in [0.25, 0.3) is 0 Å². The van der Waals surface area contributed by atoms with E-state index in [1.807, 2.05) is 0 Å². The molecule has 3 nitrogen and oxygen atoms in total. The maximum Gasteiger partial charge on any atom is 0.0580 e. The van der Waals surface area contributed by atoms with Gasteiger partial charge in [-0.1, -0.05) is 12.8 Å². The molecule has 4 atom stereocenters. The number of rotatable bonds is 4. The van der Waals surface area contributed by atoms with Gasteiger partial charge < -0.3 is 15.3 Å². The molecule has 4 unspecified atom stereocenters. The molecule has 0 radical (unpaired) electrons. The molecule has 18 heavy (non-hydrogen) atoms. The number of piperidine rings is 1. The van der Waals surface area contributed by atoms with Crippen molar-refractivity contribution in [2.45, 2.75) is 57.6 Å². The third-order valence-electron chi connectivity index (χ3n) is 4.94. The second-order valence-corrected chi connectivity index (χ2v) is 6.47. The second-order valence-electron chi connectivity index (χ2n) is 6.47. The first-order chi connectivity index (χ1) is 8.66. The fourth-order valence-electron chi connectivity index (χ4n) is 3.54. The van der Waals surface area contributed by atoms with Crippen LogP contribution in [0.5, 0.6) is 0 Å². The van der Waals surface area contributed by atoms with Gasteiger partial charge in [-0.3, -0.25) is 0 Å². The summed E-state index contributed by atoms with van der Waals surface area (Å²) >= 11 is 0. The van der Waals surface area contributed by atoms with E-state index in [2.05, 4.69) is 24.2 Å². The lowest BCUT2D eigenvalue weighted by Gasteiger charge is -2.35. The number of aliphatic hydroxyl groups is 1. The van der Waals surface area contributed by atoms with Gasteiger partial charge in [-0.15, -0.1) is 0 Å². The molecular weight excluding hydrogens is 224 g/mol. The topological polar surface area (TPSA) is 35.5 Å². The molecule has 2 N–H and O–H groups in total. The number of nitrogens with zero attached hydrogens (tertiary/aromatic N) is 1. The summed E-state index contributed by atoms with van der Waals surface area (Å²) in [5.74, 6) is 1.27. The van der Waals surface area contributed by atoms with Gasteiger partial charge in [-0.05, 0) is 58.0 Å². The first kappa shape index (κ1) is 14.3. The van der Waals surface area contributed by atoms with E-state index in [4.69, 9.17) is 0 Å². The first-order valence-electron chi connectivity index (χ1n) is 7.77. The van der Waals surface area contributed by atoms with Crippen molar-refractivity contribution >= 4 is 0 Å². The van der Waals surface area contributed by atoms with Crippen molar-refractivity contribution in [1.82, 2.24) is 10.2 Å². The van der Waals surface area contributed by atoms with Crippen LogP contribution in [0.1, 0.15) is 45.4 Å². The van der Waals surface area contributed by atoms with E-state index in [1.54, 1.807) is 0 Å². The quantitative estimate of drug-likeness (QED) is 0.804. The van der Waals surface area contributed by atoms with Crippen LogP contribution in [0, 0.1) is 11.8 Å². The van der Waals surface area contributed by atoms with Crippen molar-refractivity contribution in [2.75, 3.05) is 26.7 Å². The lowest BCUT2D eigenvalue weighted by Crippen LogP contribution is -2.45.